The molecule has 3 heteroatoms. The highest BCUT2D eigenvalue weighted by Gasteiger charge is 2.07. The third-order valence-electron chi connectivity index (χ3n) is 3.00. The Morgan fingerprint density at radius 2 is 2.18 bits per heavy atom. The van der Waals surface area contributed by atoms with Crippen LogP contribution in [-0.2, 0) is 6.54 Å². The summed E-state index contributed by atoms with van der Waals surface area (Å²) in [5.74, 6) is 0.738. The summed E-state index contributed by atoms with van der Waals surface area (Å²) >= 11 is 0. The van der Waals surface area contributed by atoms with Gasteiger partial charge in [-0.1, -0.05) is 13.8 Å². The summed E-state index contributed by atoms with van der Waals surface area (Å²) in [5.41, 5.74) is 2.27. The van der Waals surface area contributed by atoms with Crippen molar-refractivity contribution in [2.75, 3.05) is 0 Å². The lowest BCUT2D eigenvalue weighted by atomic mass is 10.1. The van der Waals surface area contributed by atoms with Crippen molar-refractivity contribution < 1.29 is 0 Å². The summed E-state index contributed by atoms with van der Waals surface area (Å²) < 4.78 is 0. The molecule has 2 aromatic heterocycles. The highest BCUT2D eigenvalue weighted by molar-refractivity contribution is 5.79. The second-order valence-electron chi connectivity index (χ2n) is 5.12. The van der Waals surface area contributed by atoms with Gasteiger partial charge in [-0.05, 0) is 37.0 Å². The van der Waals surface area contributed by atoms with E-state index in [1.165, 1.54) is 17.4 Å². The van der Waals surface area contributed by atoms with E-state index in [0.717, 1.165) is 18.1 Å². The Morgan fingerprint density at radius 3 is 2.94 bits per heavy atom. The maximum Gasteiger partial charge on any atom is 0.137 e. The molecule has 1 unspecified atom stereocenters. The fourth-order valence-electron chi connectivity index (χ4n) is 2.23. The minimum atomic E-state index is 0.552. The number of fused-ring (bicyclic) bond motifs is 1. The molecule has 2 aromatic rings. The maximum atomic E-state index is 4.29. The van der Waals surface area contributed by atoms with Crippen molar-refractivity contribution in [2.24, 2.45) is 5.92 Å². The van der Waals surface area contributed by atoms with E-state index in [-0.39, 0.29) is 0 Å². The Kier molecular flexibility index (Phi) is 3.79. The van der Waals surface area contributed by atoms with E-state index >= 15 is 0 Å². The van der Waals surface area contributed by atoms with Crippen molar-refractivity contribution in [3.63, 3.8) is 0 Å². The van der Waals surface area contributed by atoms with Gasteiger partial charge in [0.15, 0.2) is 0 Å². The molecular weight excluding hydrogens is 210 g/mol. The van der Waals surface area contributed by atoms with E-state index < -0.39 is 0 Å². The van der Waals surface area contributed by atoms with Crippen LogP contribution in [0.25, 0.3) is 11.0 Å². The van der Waals surface area contributed by atoms with Gasteiger partial charge in [-0.3, -0.25) is 0 Å². The Bertz CT molecular complexity index is 473. The van der Waals surface area contributed by atoms with Crippen molar-refractivity contribution >= 4 is 11.0 Å². The third kappa shape index (κ3) is 3.07. The molecule has 17 heavy (non-hydrogen) atoms. The molecule has 0 aliphatic rings. The summed E-state index contributed by atoms with van der Waals surface area (Å²) in [4.78, 5) is 7.50. The van der Waals surface area contributed by atoms with Crippen LogP contribution in [0.15, 0.2) is 24.5 Å². The van der Waals surface area contributed by atoms with Gasteiger partial charge in [-0.15, -0.1) is 0 Å². The highest BCUT2D eigenvalue weighted by atomic mass is 14.9. The quantitative estimate of drug-likeness (QED) is 0.830. The van der Waals surface area contributed by atoms with Gasteiger partial charge in [0, 0.05) is 30.4 Å². The molecule has 2 heterocycles. The number of nitrogens with one attached hydrogen (secondary N) is 2. The van der Waals surface area contributed by atoms with Gasteiger partial charge in [-0.2, -0.15) is 0 Å². The number of hydrogen-bond donors (Lipinski definition) is 2. The SMILES string of the molecule is CC(C)CC(C)NCc1c[nH]c2ncccc12. The maximum absolute atomic E-state index is 4.29. The van der Waals surface area contributed by atoms with Gasteiger partial charge in [0.2, 0.25) is 0 Å². The highest BCUT2D eigenvalue weighted by Crippen LogP contribution is 2.15. The molecule has 2 N–H and O–H groups in total. The lowest BCUT2D eigenvalue weighted by Crippen LogP contribution is -2.26. The molecule has 0 saturated heterocycles. The number of aromatic amines is 1. The minimum Gasteiger partial charge on any atom is -0.346 e. The summed E-state index contributed by atoms with van der Waals surface area (Å²) in [5, 5.41) is 4.78. The average Bonchev–Trinajstić information content (AvgIpc) is 2.69. The molecular formula is C14H21N3. The summed E-state index contributed by atoms with van der Waals surface area (Å²) in [7, 11) is 0. The molecule has 92 valence electrons. The van der Waals surface area contributed by atoms with Gasteiger partial charge in [0.25, 0.3) is 0 Å². The van der Waals surface area contributed by atoms with Crippen LogP contribution >= 0.6 is 0 Å². The Morgan fingerprint density at radius 1 is 1.35 bits per heavy atom. The lowest BCUT2D eigenvalue weighted by Gasteiger charge is -2.15. The zero-order chi connectivity index (χ0) is 12.3. The standard InChI is InChI=1S/C14H21N3/c1-10(2)7-11(3)16-8-12-9-17-14-13(12)5-4-6-15-14/h4-6,9-11,16H,7-8H2,1-3H3,(H,15,17). The number of nitrogens with zero attached hydrogens (tertiary/aromatic N) is 1. The van der Waals surface area contributed by atoms with Crippen LogP contribution in [0, 0.1) is 5.92 Å². The van der Waals surface area contributed by atoms with E-state index in [4.69, 9.17) is 0 Å². The molecule has 1 atom stereocenters. The molecule has 0 fully saturated rings. The predicted octanol–water partition coefficient (Wildman–Crippen LogP) is 3.09. The molecule has 0 spiro atoms. The number of hydrogen-bond acceptors (Lipinski definition) is 2. The number of pyridine rings is 1. The molecule has 0 bridgehead atoms. The van der Waals surface area contributed by atoms with Crippen LogP contribution < -0.4 is 5.32 Å². The van der Waals surface area contributed by atoms with Gasteiger partial charge in [-0.25, -0.2) is 4.98 Å². The van der Waals surface area contributed by atoms with Crippen molar-refractivity contribution in [1.29, 1.82) is 0 Å². The average molecular weight is 231 g/mol. The van der Waals surface area contributed by atoms with Crippen molar-refractivity contribution in [3.8, 4) is 0 Å². The largest absolute Gasteiger partial charge is 0.346 e. The van der Waals surface area contributed by atoms with Crippen molar-refractivity contribution in [3.05, 3.63) is 30.1 Å². The number of H-pyrrole nitrogens is 1. The fraction of sp³-hybridized carbons (Fsp3) is 0.500. The first-order valence-electron chi connectivity index (χ1n) is 6.31. The van der Waals surface area contributed by atoms with Gasteiger partial charge in [0.1, 0.15) is 5.65 Å². The summed E-state index contributed by atoms with van der Waals surface area (Å²) in [6.07, 6.45) is 5.07. The van der Waals surface area contributed by atoms with Crippen LogP contribution in [0.5, 0.6) is 0 Å². The summed E-state index contributed by atoms with van der Waals surface area (Å²) in [6.45, 7) is 7.66. The van der Waals surface area contributed by atoms with E-state index in [1.54, 1.807) is 0 Å². The topological polar surface area (TPSA) is 40.7 Å². The molecule has 3 nitrogen and oxygen atoms in total. The first kappa shape index (κ1) is 12.1. The minimum absolute atomic E-state index is 0.552. The first-order valence-corrected chi connectivity index (χ1v) is 6.31. The molecule has 0 aliphatic carbocycles. The molecule has 0 aromatic carbocycles. The first-order chi connectivity index (χ1) is 8.16. The van der Waals surface area contributed by atoms with Crippen molar-refractivity contribution in [2.45, 2.75) is 39.8 Å². The molecule has 0 saturated carbocycles. The van der Waals surface area contributed by atoms with Crippen LogP contribution in [0.4, 0.5) is 0 Å². The number of rotatable bonds is 5. The van der Waals surface area contributed by atoms with Gasteiger partial charge >= 0.3 is 0 Å². The Balaban J connectivity index is 1.99. The molecule has 2 rings (SSSR count). The fourth-order valence-corrected chi connectivity index (χ4v) is 2.23. The van der Waals surface area contributed by atoms with E-state index in [1.807, 2.05) is 18.5 Å². The van der Waals surface area contributed by atoms with Gasteiger partial charge < -0.3 is 10.3 Å². The number of aromatic nitrogens is 2. The van der Waals surface area contributed by atoms with Crippen LogP contribution in [0.2, 0.25) is 0 Å². The van der Waals surface area contributed by atoms with E-state index in [9.17, 15) is 0 Å². The zero-order valence-electron chi connectivity index (χ0n) is 10.8. The predicted molar refractivity (Wildman–Crippen MR) is 71.9 cm³/mol. The smallest absolute Gasteiger partial charge is 0.137 e. The van der Waals surface area contributed by atoms with Gasteiger partial charge in [0.05, 0.1) is 0 Å². The van der Waals surface area contributed by atoms with Crippen molar-refractivity contribution in [1.82, 2.24) is 15.3 Å². The lowest BCUT2D eigenvalue weighted by molar-refractivity contribution is 0.442. The Hall–Kier alpha value is -1.35. The monoisotopic (exact) mass is 231 g/mol. The molecule has 0 radical (unpaired) electrons. The van der Waals surface area contributed by atoms with Crippen LogP contribution in [-0.4, -0.2) is 16.0 Å². The molecule has 0 aliphatic heterocycles. The summed E-state index contributed by atoms with van der Waals surface area (Å²) in [6, 6.07) is 4.65. The van der Waals surface area contributed by atoms with Crippen LogP contribution in [0.3, 0.4) is 0 Å². The van der Waals surface area contributed by atoms with E-state index in [2.05, 4.69) is 42.1 Å². The second-order valence-corrected chi connectivity index (χ2v) is 5.12. The normalized spacial score (nSPS) is 13.4. The second kappa shape index (κ2) is 5.32. The van der Waals surface area contributed by atoms with Crippen LogP contribution in [0.1, 0.15) is 32.8 Å². The zero-order valence-corrected chi connectivity index (χ0v) is 10.8. The van der Waals surface area contributed by atoms with E-state index in [0.29, 0.717) is 6.04 Å². The Labute approximate surface area is 103 Å². The third-order valence-corrected chi connectivity index (χ3v) is 3.00. The molecule has 0 amide bonds.